The van der Waals surface area contributed by atoms with Gasteiger partial charge in [0.2, 0.25) is 0 Å². The Morgan fingerprint density at radius 1 is 1.13 bits per heavy atom. The zero-order chi connectivity index (χ0) is 17.0. The van der Waals surface area contributed by atoms with E-state index in [0.717, 1.165) is 0 Å². The normalized spacial score (nSPS) is 11.7. The Kier molecular flexibility index (Phi) is 4.85. The molecule has 0 saturated carbocycles. The largest absolute Gasteiger partial charge is 0.507 e. The van der Waals surface area contributed by atoms with Crippen LogP contribution in [0.3, 0.4) is 0 Å². The highest BCUT2D eigenvalue weighted by atomic mass is 16.4. The molecule has 6 heteroatoms. The number of phenolic OH excluding ortho intramolecular Hbond substituents is 1. The lowest BCUT2D eigenvalue weighted by Crippen LogP contribution is -2.07. The van der Waals surface area contributed by atoms with Gasteiger partial charge in [-0.3, -0.25) is 9.59 Å². The lowest BCUT2D eigenvalue weighted by atomic mass is 9.91. The molecule has 2 aromatic rings. The molecular weight excluding hydrogens is 298 g/mol. The number of ketones is 1. The Morgan fingerprint density at radius 2 is 1.78 bits per heavy atom. The molecule has 23 heavy (non-hydrogen) atoms. The minimum Gasteiger partial charge on any atom is -0.507 e. The molecule has 6 nitrogen and oxygen atoms in total. The Labute approximate surface area is 132 Å². The zero-order valence-electron chi connectivity index (χ0n) is 12.4. The van der Waals surface area contributed by atoms with E-state index in [9.17, 15) is 19.6 Å². The Morgan fingerprint density at radius 3 is 2.35 bits per heavy atom. The number of benzene rings is 2. The van der Waals surface area contributed by atoms with Gasteiger partial charge in [-0.15, -0.1) is 4.91 Å². The molecule has 0 spiro atoms. The molecular formula is C17H15NO5. The topological polar surface area (TPSA) is 104 Å². The summed E-state index contributed by atoms with van der Waals surface area (Å²) in [5.74, 6) is -2.48. The Bertz CT molecular complexity index is 755. The van der Waals surface area contributed by atoms with Gasteiger partial charge < -0.3 is 10.2 Å². The average Bonchev–Trinajstić information content (AvgIpc) is 2.53. The van der Waals surface area contributed by atoms with Crippen LogP contribution >= 0.6 is 0 Å². The Balaban J connectivity index is 2.55. The van der Waals surface area contributed by atoms with Crippen LogP contribution < -0.4 is 0 Å². The lowest BCUT2D eigenvalue weighted by Gasteiger charge is -2.15. The van der Waals surface area contributed by atoms with Crippen molar-refractivity contribution in [3.63, 3.8) is 0 Å². The predicted molar refractivity (Wildman–Crippen MR) is 84.1 cm³/mol. The van der Waals surface area contributed by atoms with E-state index in [1.54, 1.807) is 37.3 Å². The van der Waals surface area contributed by atoms with Gasteiger partial charge in [0.15, 0.2) is 5.78 Å². The van der Waals surface area contributed by atoms with Gasteiger partial charge in [-0.1, -0.05) is 43.3 Å². The van der Waals surface area contributed by atoms with E-state index in [-0.39, 0.29) is 17.7 Å². The highest BCUT2D eigenvalue weighted by Crippen LogP contribution is 2.37. The van der Waals surface area contributed by atoms with Gasteiger partial charge in [0.1, 0.15) is 11.4 Å². The van der Waals surface area contributed by atoms with Gasteiger partial charge >= 0.3 is 5.97 Å². The molecule has 2 rings (SSSR count). The number of rotatable bonds is 6. The molecule has 0 aliphatic heterocycles. The molecule has 118 valence electrons. The highest BCUT2D eigenvalue weighted by Gasteiger charge is 2.24. The molecule has 2 aromatic carbocycles. The fraction of sp³-hybridized carbons (Fsp3) is 0.176. The van der Waals surface area contributed by atoms with Crippen molar-refractivity contribution < 1.29 is 19.8 Å². The van der Waals surface area contributed by atoms with Gasteiger partial charge in [-0.05, 0) is 22.7 Å². The minimum atomic E-state index is -1.02. The minimum absolute atomic E-state index is 0.178. The monoisotopic (exact) mass is 313 g/mol. The van der Waals surface area contributed by atoms with Crippen LogP contribution in [0.25, 0.3) is 0 Å². The number of carboxylic acids is 1. The van der Waals surface area contributed by atoms with Crippen molar-refractivity contribution >= 4 is 17.4 Å². The average molecular weight is 313 g/mol. The zero-order valence-corrected chi connectivity index (χ0v) is 12.4. The van der Waals surface area contributed by atoms with Crippen molar-refractivity contribution in [2.45, 2.75) is 19.3 Å². The van der Waals surface area contributed by atoms with Crippen LogP contribution in [0.15, 0.2) is 47.6 Å². The number of hydrogen-bond donors (Lipinski definition) is 2. The van der Waals surface area contributed by atoms with Gasteiger partial charge in [0.05, 0.1) is 12.0 Å². The summed E-state index contributed by atoms with van der Waals surface area (Å²) in [7, 11) is 0. The van der Waals surface area contributed by atoms with Crippen molar-refractivity contribution in [2.24, 2.45) is 5.18 Å². The number of aliphatic carboxylic acids is 1. The van der Waals surface area contributed by atoms with Crippen molar-refractivity contribution in [1.29, 1.82) is 0 Å². The maximum atomic E-state index is 12.6. The summed E-state index contributed by atoms with van der Waals surface area (Å²) in [5.41, 5.74) is 0.207. The van der Waals surface area contributed by atoms with Crippen molar-refractivity contribution in [2.75, 3.05) is 0 Å². The molecule has 0 radical (unpaired) electrons. The predicted octanol–water partition coefficient (Wildman–Crippen LogP) is 3.60. The highest BCUT2D eigenvalue weighted by molar-refractivity contribution is 6.14. The first kappa shape index (κ1) is 16.4. The first-order valence-electron chi connectivity index (χ1n) is 6.96. The van der Waals surface area contributed by atoms with Crippen molar-refractivity contribution in [1.82, 2.24) is 0 Å². The van der Waals surface area contributed by atoms with E-state index in [2.05, 4.69) is 5.18 Å². The number of carboxylic acid groups (broad SMARTS) is 1. The second-order valence-corrected chi connectivity index (χ2v) is 5.18. The molecule has 0 amide bonds. The summed E-state index contributed by atoms with van der Waals surface area (Å²) in [6, 6.07) is 10.9. The van der Waals surface area contributed by atoms with Gasteiger partial charge in [0, 0.05) is 5.56 Å². The van der Waals surface area contributed by atoms with Crippen molar-refractivity contribution in [3.05, 3.63) is 64.1 Å². The lowest BCUT2D eigenvalue weighted by molar-refractivity contribution is -0.137. The molecule has 0 saturated heterocycles. The first-order chi connectivity index (χ1) is 11.0. The van der Waals surface area contributed by atoms with E-state index in [1.165, 1.54) is 12.1 Å². The molecule has 0 heterocycles. The summed E-state index contributed by atoms with van der Waals surface area (Å²) in [6.07, 6.45) is -0.208. The van der Waals surface area contributed by atoms with E-state index in [0.29, 0.717) is 11.1 Å². The third-order valence-corrected chi connectivity index (χ3v) is 3.56. The number of nitroso groups, excluding NO2 is 1. The van der Waals surface area contributed by atoms with E-state index in [4.69, 9.17) is 5.11 Å². The SMILES string of the molecule is CC(CC(=O)O)c1ccc(N=O)c(C(=O)c2ccccc2)c1O. The summed E-state index contributed by atoms with van der Waals surface area (Å²) in [6.45, 7) is 1.62. The Hall–Kier alpha value is -3.02. The summed E-state index contributed by atoms with van der Waals surface area (Å²) < 4.78 is 0. The molecule has 0 aliphatic carbocycles. The number of carbonyl (C=O) groups is 2. The number of nitrogens with zero attached hydrogens (tertiary/aromatic N) is 1. The molecule has 2 N–H and O–H groups in total. The first-order valence-corrected chi connectivity index (χ1v) is 6.96. The van der Waals surface area contributed by atoms with E-state index in [1.807, 2.05) is 0 Å². The van der Waals surface area contributed by atoms with Crippen LogP contribution in [0, 0.1) is 4.91 Å². The summed E-state index contributed by atoms with van der Waals surface area (Å²) in [5, 5.41) is 22.1. The molecule has 1 atom stereocenters. The van der Waals surface area contributed by atoms with Gasteiger partial charge in [-0.25, -0.2) is 0 Å². The molecule has 0 aromatic heterocycles. The van der Waals surface area contributed by atoms with Crippen LogP contribution in [-0.2, 0) is 4.79 Å². The van der Waals surface area contributed by atoms with Crippen LogP contribution in [0.2, 0.25) is 0 Å². The molecule has 0 fully saturated rings. The number of hydrogen-bond acceptors (Lipinski definition) is 5. The quantitative estimate of drug-likeness (QED) is 0.626. The summed E-state index contributed by atoms with van der Waals surface area (Å²) >= 11 is 0. The number of aromatic hydroxyl groups is 1. The second kappa shape index (κ2) is 6.83. The van der Waals surface area contributed by atoms with Crippen LogP contribution in [-0.4, -0.2) is 22.0 Å². The van der Waals surface area contributed by atoms with Crippen LogP contribution in [0.1, 0.15) is 40.7 Å². The third-order valence-electron chi connectivity index (χ3n) is 3.56. The third kappa shape index (κ3) is 3.42. The van der Waals surface area contributed by atoms with Crippen LogP contribution in [0.5, 0.6) is 5.75 Å². The fourth-order valence-electron chi connectivity index (χ4n) is 2.40. The maximum absolute atomic E-state index is 12.6. The van der Waals surface area contributed by atoms with E-state index < -0.39 is 23.4 Å². The molecule has 0 aliphatic rings. The number of phenols is 1. The van der Waals surface area contributed by atoms with Crippen molar-refractivity contribution in [3.8, 4) is 5.75 Å². The smallest absolute Gasteiger partial charge is 0.303 e. The molecule has 1 unspecified atom stereocenters. The second-order valence-electron chi connectivity index (χ2n) is 5.18. The molecule has 0 bridgehead atoms. The van der Waals surface area contributed by atoms with Crippen LogP contribution in [0.4, 0.5) is 5.69 Å². The van der Waals surface area contributed by atoms with E-state index >= 15 is 0 Å². The number of carbonyl (C=O) groups excluding carboxylic acids is 1. The maximum Gasteiger partial charge on any atom is 0.303 e. The summed E-state index contributed by atoms with van der Waals surface area (Å²) in [4.78, 5) is 34.4. The standard InChI is InChI=1S/C17H15NO5/c1-10(9-14(19)20)12-7-8-13(18-23)15(17(12)22)16(21)11-5-3-2-4-6-11/h2-8,10,22H,9H2,1H3,(H,19,20). The fourth-order valence-corrected chi connectivity index (χ4v) is 2.40. The van der Waals surface area contributed by atoms with Gasteiger partial charge in [-0.2, -0.15) is 0 Å². The van der Waals surface area contributed by atoms with Gasteiger partial charge in [0.25, 0.3) is 0 Å².